The average molecular weight is 374 g/mol. The molecule has 0 aliphatic carbocycles. The van der Waals surface area contributed by atoms with Crippen LogP contribution in [0.5, 0.6) is 0 Å². The summed E-state index contributed by atoms with van der Waals surface area (Å²) < 4.78 is 32.5. The molecule has 0 aromatic heterocycles. The molecule has 1 N–H and O–H groups in total. The van der Waals surface area contributed by atoms with Crippen molar-refractivity contribution >= 4 is 21.6 Å². The second-order valence-corrected chi connectivity index (χ2v) is 8.17. The van der Waals surface area contributed by atoms with Gasteiger partial charge in [0.25, 0.3) is 5.91 Å². The van der Waals surface area contributed by atoms with Gasteiger partial charge in [-0.05, 0) is 49.2 Å². The van der Waals surface area contributed by atoms with E-state index in [9.17, 15) is 13.2 Å². The summed E-state index contributed by atoms with van der Waals surface area (Å²) in [4.78, 5) is 12.8. The van der Waals surface area contributed by atoms with Gasteiger partial charge in [0.15, 0.2) is 0 Å². The smallest absolute Gasteiger partial charge is 0.257 e. The Hall–Kier alpha value is -2.22. The van der Waals surface area contributed by atoms with Gasteiger partial charge in [-0.15, -0.1) is 0 Å². The molecule has 0 atom stereocenters. The fourth-order valence-electron chi connectivity index (χ4n) is 2.82. The Morgan fingerprint density at radius 2 is 1.73 bits per heavy atom. The monoisotopic (exact) mass is 374 g/mol. The predicted octanol–water partition coefficient (Wildman–Crippen LogP) is 2.58. The molecule has 1 heterocycles. The minimum absolute atomic E-state index is 0.0169. The van der Waals surface area contributed by atoms with Crippen molar-refractivity contribution in [2.45, 2.75) is 18.7 Å². The number of nitrogens with zero attached hydrogens (tertiary/aromatic N) is 1. The Morgan fingerprint density at radius 3 is 2.42 bits per heavy atom. The lowest BCUT2D eigenvalue weighted by atomic mass is 10.1. The van der Waals surface area contributed by atoms with Gasteiger partial charge in [-0.25, -0.2) is 8.42 Å². The first-order chi connectivity index (χ1) is 12.4. The van der Waals surface area contributed by atoms with E-state index in [2.05, 4.69) is 5.32 Å². The standard InChI is InChI=1S/C19H22N2O4S/c1-14-7-8-16(13-15(14)2)20-19(22)17-5-3-4-6-18(17)26(23,24)21-9-11-25-12-10-21/h3-8,13H,9-12H2,1-2H3,(H,20,22). The summed E-state index contributed by atoms with van der Waals surface area (Å²) >= 11 is 0. The maximum absolute atomic E-state index is 13.0. The molecule has 0 radical (unpaired) electrons. The van der Waals surface area contributed by atoms with Crippen molar-refractivity contribution < 1.29 is 17.9 Å². The summed E-state index contributed by atoms with van der Waals surface area (Å²) in [5.74, 6) is -0.444. The number of nitrogens with one attached hydrogen (secondary N) is 1. The Labute approximate surface area is 153 Å². The molecule has 7 heteroatoms. The summed E-state index contributed by atoms with van der Waals surface area (Å²) in [5.41, 5.74) is 2.95. The number of sulfonamides is 1. The Kier molecular flexibility index (Phi) is 5.41. The van der Waals surface area contributed by atoms with Crippen LogP contribution >= 0.6 is 0 Å². The lowest BCUT2D eigenvalue weighted by Crippen LogP contribution is -2.41. The summed E-state index contributed by atoms with van der Waals surface area (Å²) in [6, 6.07) is 11.9. The number of anilines is 1. The van der Waals surface area contributed by atoms with Gasteiger partial charge in [0.1, 0.15) is 0 Å². The van der Waals surface area contributed by atoms with Crippen LogP contribution in [0, 0.1) is 13.8 Å². The molecule has 1 aliphatic heterocycles. The zero-order valence-electron chi connectivity index (χ0n) is 14.9. The molecule has 1 saturated heterocycles. The maximum atomic E-state index is 13.0. The first-order valence-electron chi connectivity index (χ1n) is 8.45. The number of rotatable bonds is 4. The molecule has 6 nitrogen and oxygen atoms in total. The number of morpholine rings is 1. The van der Waals surface area contributed by atoms with E-state index in [1.807, 2.05) is 26.0 Å². The third-order valence-corrected chi connectivity index (χ3v) is 6.44. The van der Waals surface area contributed by atoms with E-state index >= 15 is 0 Å². The fraction of sp³-hybridized carbons (Fsp3) is 0.316. The largest absolute Gasteiger partial charge is 0.379 e. The van der Waals surface area contributed by atoms with E-state index in [-0.39, 0.29) is 23.5 Å². The van der Waals surface area contributed by atoms with Gasteiger partial charge >= 0.3 is 0 Å². The minimum atomic E-state index is -3.75. The van der Waals surface area contributed by atoms with Crippen molar-refractivity contribution in [3.63, 3.8) is 0 Å². The van der Waals surface area contributed by atoms with Crippen LogP contribution in [-0.2, 0) is 14.8 Å². The highest BCUT2D eigenvalue weighted by Crippen LogP contribution is 2.23. The van der Waals surface area contributed by atoms with Crippen LogP contribution in [-0.4, -0.2) is 44.9 Å². The highest BCUT2D eigenvalue weighted by Gasteiger charge is 2.30. The van der Waals surface area contributed by atoms with Crippen LogP contribution < -0.4 is 5.32 Å². The Balaban J connectivity index is 1.91. The van der Waals surface area contributed by atoms with E-state index in [0.717, 1.165) is 11.1 Å². The van der Waals surface area contributed by atoms with Gasteiger partial charge in [0.2, 0.25) is 10.0 Å². The second kappa shape index (κ2) is 7.57. The molecule has 3 rings (SSSR count). The molecule has 138 valence electrons. The van der Waals surface area contributed by atoms with Gasteiger partial charge in [-0.1, -0.05) is 18.2 Å². The first kappa shape index (κ1) is 18.6. The van der Waals surface area contributed by atoms with Gasteiger partial charge in [-0.3, -0.25) is 4.79 Å². The van der Waals surface area contributed by atoms with Crippen molar-refractivity contribution in [3.05, 3.63) is 59.2 Å². The molecule has 2 aromatic rings. The quantitative estimate of drug-likeness (QED) is 0.892. The lowest BCUT2D eigenvalue weighted by molar-refractivity contribution is 0.0730. The third-order valence-electron chi connectivity index (χ3n) is 4.48. The lowest BCUT2D eigenvalue weighted by Gasteiger charge is -2.26. The fourth-order valence-corrected chi connectivity index (χ4v) is 4.42. The molecular weight excluding hydrogens is 352 g/mol. The third kappa shape index (κ3) is 3.80. The Bertz CT molecular complexity index is 919. The van der Waals surface area contributed by atoms with E-state index in [1.165, 1.54) is 16.4 Å². The number of ether oxygens (including phenoxy) is 1. The minimum Gasteiger partial charge on any atom is -0.379 e. The SMILES string of the molecule is Cc1ccc(NC(=O)c2ccccc2S(=O)(=O)N2CCOCC2)cc1C. The molecule has 26 heavy (non-hydrogen) atoms. The van der Waals surface area contributed by atoms with Crippen LogP contribution in [0.25, 0.3) is 0 Å². The molecule has 0 bridgehead atoms. The molecule has 2 aromatic carbocycles. The van der Waals surface area contributed by atoms with Gasteiger partial charge in [0.05, 0.1) is 23.7 Å². The molecule has 1 fully saturated rings. The van der Waals surface area contributed by atoms with Crippen LogP contribution in [0.4, 0.5) is 5.69 Å². The first-order valence-corrected chi connectivity index (χ1v) is 9.89. The highest BCUT2D eigenvalue weighted by atomic mass is 32.2. The molecule has 0 unspecified atom stereocenters. The molecule has 0 saturated carbocycles. The number of hydrogen-bond acceptors (Lipinski definition) is 4. The second-order valence-electron chi connectivity index (χ2n) is 6.27. The Morgan fingerprint density at radius 1 is 1.04 bits per heavy atom. The summed E-state index contributed by atoms with van der Waals surface area (Å²) in [6.07, 6.45) is 0. The molecule has 1 amide bonds. The van der Waals surface area contributed by atoms with Gasteiger partial charge in [-0.2, -0.15) is 4.31 Å². The van der Waals surface area contributed by atoms with E-state index in [0.29, 0.717) is 18.9 Å². The highest BCUT2D eigenvalue weighted by molar-refractivity contribution is 7.89. The van der Waals surface area contributed by atoms with Crippen LogP contribution in [0.2, 0.25) is 0 Å². The van der Waals surface area contributed by atoms with Crippen molar-refractivity contribution in [3.8, 4) is 0 Å². The normalized spacial score (nSPS) is 15.6. The van der Waals surface area contributed by atoms with Crippen molar-refractivity contribution in [1.82, 2.24) is 4.31 Å². The zero-order valence-corrected chi connectivity index (χ0v) is 15.7. The topological polar surface area (TPSA) is 75.7 Å². The summed E-state index contributed by atoms with van der Waals surface area (Å²) in [6.45, 7) is 5.24. The van der Waals surface area contributed by atoms with Crippen molar-refractivity contribution in [1.29, 1.82) is 0 Å². The number of carbonyl (C=O) groups is 1. The van der Waals surface area contributed by atoms with Crippen LogP contribution in [0.1, 0.15) is 21.5 Å². The average Bonchev–Trinajstić information content (AvgIpc) is 2.65. The van der Waals surface area contributed by atoms with E-state index < -0.39 is 15.9 Å². The van der Waals surface area contributed by atoms with Crippen LogP contribution in [0.3, 0.4) is 0 Å². The maximum Gasteiger partial charge on any atom is 0.257 e. The summed E-state index contributed by atoms with van der Waals surface area (Å²) in [7, 11) is -3.75. The number of carbonyl (C=O) groups excluding carboxylic acids is 1. The molecular formula is C19H22N2O4S. The van der Waals surface area contributed by atoms with Gasteiger partial charge < -0.3 is 10.1 Å². The number of amides is 1. The van der Waals surface area contributed by atoms with Crippen LogP contribution in [0.15, 0.2) is 47.4 Å². The predicted molar refractivity (Wildman–Crippen MR) is 99.9 cm³/mol. The van der Waals surface area contributed by atoms with Gasteiger partial charge in [0, 0.05) is 18.8 Å². The number of hydrogen-bond donors (Lipinski definition) is 1. The number of aryl methyl sites for hydroxylation is 2. The molecule has 0 spiro atoms. The summed E-state index contributed by atoms with van der Waals surface area (Å²) in [5, 5.41) is 2.80. The van der Waals surface area contributed by atoms with Crippen molar-refractivity contribution in [2.24, 2.45) is 0 Å². The zero-order chi connectivity index (χ0) is 18.7. The van der Waals surface area contributed by atoms with Crippen molar-refractivity contribution in [2.75, 3.05) is 31.6 Å². The van der Waals surface area contributed by atoms with E-state index in [1.54, 1.807) is 18.2 Å². The number of benzene rings is 2. The van der Waals surface area contributed by atoms with E-state index in [4.69, 9.17) is 4.74 Å². The molecule has 1 aliphatic rings.